The van der Waals surface area contributed by atoms with E-state index >= 15 is 0 Å². The lowest BCUT2D eigenvalue weighted by atomic mass is 10.4. The second-order valence-electron chi connectivity index (χ2n) is 4.26. The number of hydrogen-bond acceptors (Lipinski definition) is 9. The molecule has 0 aliphatic rings. The van der Waals surface area contributed by atoms with Gasteiger partial charge in [-0.1, -0.05) is 0 Å². The lowest BCUT2D eigenvalue weighted by Gasteiger charge is -2.07. The van der Waals surface area contributed by atoms with Crippen molar-refractivity contribution in [1.29, 1.82) is 0 Å². The number of nitrogens with zero attached hydrogens (tertiary/aromatic N) is 4. The molecule has 128 valence electrons. The quantitative estimate of drug-likeness (QED) is 0.494. The minimum atomic E-state index is -0.751. The van der Waals surface area contributed by atoms with Gasteiger partial charge in [0.25, 0.3) is 5.91 Å². The van der Waals surface area contributed by atoms with Crippen molar-refractivity contribution in [1.82, 2.24) is 30.8 Å². The third-order valence-corrected chi connectivity index (χ3v) is 3.49. The van der Waals surface area contributed by atoms with Crippen LogP contribution in [0, 0.1) is 0 Å². The van der Waals surface area contributed by atoms with Crippen molar-refractivity contribution >= 4 is 29.2 Å². The van der Waals surface area contributed by atoms with Gasteiger partial charge in [0.15, 0.2) is 6.61 Å². The number of ether oxygens (including phenoxy) is 2. The van der Waals surface area contributed by atoms with Crippen LogP contribution in [0.2, 0.25) is 0 Å². The molecule has 0 spiro atoms. The molecule has 0 radical (unpaired) electrons. The number of tetrazole rings is 1. The fourth-order valence-corrected chi connectivity index (χ4v) is 2.35. The molecule has 0 fully saturated rings. The highest BCUT2D eigenvalue weighted by Gasteiger charge is 2.18. The minimum absolute atomic E-state index is 0.236. The number of thiophene rings is 1. The van der Waals surface area contributed by atoms with E-state index in [0.717, 1.165) is 11.3 Å². The van der Waals surface area contributed by atoms with Crippen LogP contribution in [0.3, 0.4) is 0 Å². The first-order valence-electron chi connectivity index (χ1n) is 6.66. The van der Waals surface area contributed by atoms with Crippen molar-refractivity contribution in [3.8, 4) is 5.69 Å². The molecule has 0 saturated carbocycles. The molecule has 0 aromatic carbocycles. The SMILES string of the molecule is COCCNC(=O)NC(=O)COC(=O)c1sccc1-n1cnnn1. The minimum Gasteiger partial charge on any atom is -0.451 e. The van der Waals surface area contributed by atoms with E-state index in [9.17, 15) is 14.4 Å². The zero-order valence-corrected chi connectivity index (χ0v) is 13.4. The van der Waals surface area contributed by atoms with Gasteiger partial charge in [0.1, 0.15) is 11.2 Å². The van der Waals surface area contributed by atoms with Crippen LogP contribution in [0.1, 0.15) is 9.67 Å². The summed E-state index contributed by atoms with van der Waals surface area (Å²) in [6.07, 6.45) is 1.33. The van der Waals surface area contributed by atoms with E-state index in [1.807, 2.05) is 5.32 Å². The van der Waals surface area contributed by atoms with Crippen LogP contribution in [0.5, 0.6) is 0 Å². The summed E-state index contributed by atoms with van der Waals surface area (Å²) in [7, 11) is 1.48. The zero-order chi connectivity index (χ0) is 17.4. The monoisotopic (exact) mass is 354 g/mol. The molecular formula is C12H14N6O5S. The fraction of sp³-hybridized carbons (Fsp3) is 0.333. The predicted octanol–water partition coefficient (Wildman–Crippen LogP) is -0.647. The smallest absolute Gasteiger partial charge is 0.351 e. The first kappa shape index (κ1) is 17.5. The molecule has 2 rings (SSSR count). The Balaban J connectivity index is 1.82. The van der Waals surface area contributed by atoms with Gasteiger partial charge < -0.3 is 14.8 Å². The average molecular weight is 354 g/mol. The summed E-state index contributed by atoms with van der Waals surface area (Å²) in [6, 6.07) is 0.944. The van der Waals surface area contributed by atoms with E-state index in [1.54, 1.807) is 11.4 Å². The maximum absolute atomic E-state index is 12.0. The lowest BCUT2D eigenvalue weighted by molar-refractivity contribution is -0.123. The Morgan fingerprint density at radius 1 is 1.38 bits per heavy atom. The Hall–Kier alpha value is -2.86. The molecular weight excluding hydrogens is 340 g/mol. The molecule has 24 heavy (non-hydrogen) atoms. The summed E-state index contributed by atoms with van der Waals surface area (Å²) in [4.78, 5) is 35.2. The third kappa shape index (κ3) is 4.82. The van der Waals surface area contributed by atoms with Crippen molar-refractivity contribution in [2.45, 2.75) is 0 Å². The normalized spacial score (nSPS) is 10.2. The molecule has 2 heterocycles. The van der Waals surface area contributed by atoms with E-state index in [-0.39, 0.29) is 11.4 Å². The van der Waals surface area contributed by atoms with Crippen LogP contribution in [-0.2, 0) is 14.3 Å². The maximum atomic E-state index is 12.0. The first-order valence-corrected chi connectivity index (χ1v) is 7.54. The maximum Gasteiger partial charge on any atom is 0.351 e. The number of carbonyl (C=O) groups excluding carboxylic acids is 3. The standard InChI is InChI=1S/C12H14N6O5S/c1-22-4-3-13-12(21)15-9(19)6-23-11(20)10-8(2-5-24-10)18-7-14-16-17-18/h2,5,7H,3-4,6H2,1H3,(H2,13,15,19,21). The Bertz CT molecular complexity index is 701. The van der Waals surface area contributed by atoms with E-state index in [4.69, 9.17) is 9.47 Å². The van der Waals surface area contributed by atoms with Crippen LogP contribution in [-0.4, -0.2) is 65.0 Å². The van der Waals surface area contributed by atoms with Crippen molar-refractivity contribution in [3.05, 3.63) is 22.7 Å². The summed E-state index contributed by atoms with van der Waals surface area (Å²) in [5.74, 6) is -1.47. The fourth-order valence-electron chi connectivity index (χ4n) is 1.58. The molecule has 0 unspecified atom stereocenters. The number of carbonyl (C=O) groups is 3. The highest BCUT2D eigenvalue weighted by molar-refractivity contribution is 7.12. The van der Waals surface area contributed by atoms with Gasteiger partial charge in [-0.2, -0.15) is 4.68 Å². The van der Waals surface area contributed by atoms with Gasteiger partial charge in [-0.25, -0.2) is 9.59 Å². The summed E-state index contributed by atoms with van der Waals surface area (Å²) in [5.41, 5.74) is 0.438. The Morgan fingerprint density at radius 3 is 2.92 bits per heavy atom. The van der Waals surface area contributed by atoms with E-state index in [2.05, 4.69) is 20.8 Å². The van der Waals surface area contributed by atoms with E-state index < -0.39 is 24.5 Å². The number of urea groups is 1. The van der Waals surface area contributed by atoms with Crippen molar-refractivity contribution in [2.75, 3.05) is 26.9 Å². The molecule has 12 heteroatoms. The number of aromatic nitrogens is 4. The van der Waals surface area contributed by atoms with Crippen LogP contribution in [0.15, 0.2) is 17.8 Å². The van der Waals surface area contributed by atoms with Gasteiger partial charge in [0.05, 0.1) is 12.3 Å². The molecule has 0 saturated heterocycles. The number of nitrogens with one attached hydrogen (secondary N) is 2. The van der Waals surface area contributed by atoms with E-state index in [0.29, 0.717) is 12.3 Å². The molecule has 2 aromatic rings. The number of imide groups is 1. The summed E-state index contributed by atoms with van der Waals surface area (Å²) >= 11 is 1.12. The number of amides is 3. The molecule has 3 amide bonds. The Kier molecular flexibility index (Phi) is 6.33. The Labute approximate surface area is 139 Å². The largest absolute Gasteiger partial charge is 0.451 e. The number of methoxy groups -OCH3 is 1. The molecule has 0 bridgehead atoms. The first-order chi connectivity index (χ1) is 11.6. The van der Waals surface area contributed by atoms with E-state index in [1.165, 1.54) is 18.1 Å². The van der Waals surface area contributed by atoms with Crippen molar-refractivity contribution in [3.63, 3.8) is 0 Å². The molecule has 0 aliphatic carbocycles. The van der Waals surface area contributed by atoms with Crippen molar-refractivity contribution < 1.29 is 23.9 Å². The highest BCUT2D eigenvalue weighted by Crippen LogP contribution is 2.20. The predicted molar refractivity (Wildman–Crippen MR) is 80.7 cm³/mol. The van der Waals surface area contributed by atoms with Crippen LogP contribution in [0.4, 0.5) is 4.79 Å². The molecule has 0 atom stereocenters. The van der Waals surface area contributed by atoms with Crippen LogP contribution in [0.25, 0.3) is 5.69 Å². The molecule has 2 N–H and O–H groups in total. The topological polar surface area (TPSA) is 137 Å². The molecule has 11 nitrogen and oxygen atoms in total. The summed E-state index contributed by atoms with van der Waals surface area (Å²) < 4.78 is 10.9. The molecule has 2 aromatic heterocycles. The van der Waals surface area contributed by atoms with Gasteiger partial charge in [-0.05, 0) is 21.9 Å². The highest BCUT2D eigenvalue weighted by atomic mass is 32.1. The van der Waals surface area contributed by atoms with Crippen molar-refractivity contribution in [2.24, 2.45) is 0 Å². The Morgan fingerprint density at radius 2 is 2.21 bits per heavy atom. The number of esters is 1. The van der Waals surface area contributed by atoms with Gasteiger partial charge in [0, 0.05) is 13.7 Å². The second kappa shape index (κ2) is 8.69. The van der Waals surface area contributed by atoms with Gasteiger partial charge in [0.2, 0.25) is 0 Å². The van der Waals surface area contributed by atoms with Crippen LogP contribution >= 0.6 is 11.3 Å². The average Bonchev–Trinajstić information content (AvgIpc) is 3.23. The van der Waals surface area contributed by atoms with Gasteiger partial charge in [-0.15, -0.1) is 16.4 Å². The van der Waals surface area contributed by atoms with Gasteiger partial charge >= 0.3 is 12.0 Å². The van der Waals surface area contributed by atoms with Gasteiger partial charge in [-0.3, -0.25) is 10.1 Å². The lowest BCUT2D eigenvalue weighted by Crippen LogP contribution is -2.42. The number of hydrogen-bond donors (Lipinski definition) is 2. The second-order valence-corrected chi connectivity index (χ2v) is 5.18. The van der Waals surface area contributed by atoms with Crippen LogP contribution < -0.4 is 10.6 Å². The number of rotatable bonds is 7. The third-order valence-electron chi connectivity index (χ3n) is 2.60. The molecule has 0 aliphatic heterocycles. The summed E-state index contributed by atoms with van der Waals surface area (Å²) in [6.45, 7) is -0.0295. The summed E-state index contributed by atoms with van der Waals surface area (Å²) in [5, 5.41) is 16.7. The zero-order valence-electron chi connectivity index (χ0n) is 12.6.